The van der Waals surface area contributed by atoms with E-state index < -0.39 is 0 Å². The molecule has 0 radical (unpaired) electrons. The number of carbonyl (C=O) groups excluding carboxylic acids is 2. The van der Waals surface area contributed by atoms with Gasteiger partial charge in [-0.25, -0.2) is 9.97 Å². The van der Waals surface area contributed by atoms with E-state index in [0.29, 0.717) is 5.56 Å². The molecule has 0 spiro atoms. The van der Waals surface area contributed by atoms with Crippen LogP contribution in [0.2, 0.25) is 0 Å². The number of aryl methyl sites for hydroxylation is 1. The van der Waals surface area contributed by atoms with Crippen LogP contribution < -0.4 is 4.74 Å². The third kappa shape index (κ3) is 3.19. The summed E-state index contributed by atoms with van der Waals surface area (Å²) in [5, 5.41) is 0. The summed E-state index contributed by atoms with van der Waals surface area (Å²) in [7, 11) is 0. The van der Waals surface area contributed by atoms with Gasteiger partial charge in [0.25, 0.3) is 0 Å². The summed E-state index contributed by atoms with van der Waals surface area (Å²) >= 11 is 0. The van der Waals surface area contributed by atoms with E-state index in [1.54, 1.807) is 12.1 Å². The molecule has 2 aromatic rings. The quantitative estimate of drug-likeness (QED) is 0.793. The first-order chi connectivity index (χ1) is 10.7. The van der Waals surface area contributed by atoms with Crippen LogP contribution in [-0.2, 0) is 6.42 Å². The molecule has 2 heterocycles. The lowest BCUT2D eigenvalue weighted by atomic mass is 9.99. The van der Waals surface area contributed by atoms with Crippen molar-refractivity contribution < 1.29 is 14.3 Å². The predicted octanol–water partition coefficient (Wildman–Crippen LogP) is 2.65. The molecule has 5 heteroatoms. The summed E-state index contributed by atoms with van der Waals surface area (Å²) < 4.78 is 5.53. The zero-order chi connectivity index (χ0) is 15.4. The fourth-order valence-electron chi connectivity index (χ4n) is 2.46. The first-order valence-corrected chi connectivity index (χ1v) is 7.33. The number of benzene rings is 1. The Labute approximate surface area is 128 Å². The number of carbonyl (C=O) groups is 2. The summed E-state index contributed by atoms with van der Waals surface area (Å²) in [5.74, 6) is 0.763. The van der Waals surface area contributed by atoms with Gasteiger partial charge in [0.2, 0.25) is 0 Å². The van der Waals surface area contributed by atoms with Gasteiger partial charge in [0.1, 0.15) is 5.75 Å². The van der Waals surface area contributed by atoms with Crippen molar-refractivity contribution in [3.05, 3.63) is 53.6 Å². The van der Waals surface area contributed by atoms with Gasteiger partial charge in [-0.1, -0.05) is 0 Å². The molecule has 0 saturated heterocycles. The van der Waals surface area contributed by atoms with Crippen molar-refractivity contribution in [2.45, 2.75) is 25.7 Å². The second-order valence-electron chi connectivity index (χ2n) is 5.19. The number of Topliss-reactive ketones (excluding diaryl/α,β-unsaturated/α-hetero) is 2. The topological polar surface area (TPSA) is 69.2 Å². The van der Waals surface area contributed by atoms with Crippen LogP contribution >= 0.6 is 0 Å². The molecular formula is C17H16N2O3. The zero-order valence-corrected chi connectivity index (χ0v) is 12.1. The number of ketones is 2. The molecule has 0 amide bonds. The number of nitrogens with zero attached hydrogens (tertiary/aromatic N) is 2. The molecule has 0 atom stereocenters. The largest absolute Gasteiger partial charge is 0.493 e. The molecule has 22 heavy (non-hydrogen) atoms. The minimum absolute atomic E-state index is 0.0438. The van der Waals surface area contributed by atoms with Crippen LogP contribution in [0.25, 0.3) is 0 Å². The first kappa shape index (κ1) is 14.4. The Hall–Kier alpha value is -2.56. The van der Waals surface area contributed by atoms with Gasteiger partial charge < -0.3 is 4.74 Å². The minimum atomic E-state index is -0.213. The Bertz CT molecular complexity index is 698. The lowest BCUT2D eigenvalue weighted by molar-refractivity contribution is 0.0912. The molecule has 0 bridgehead atoms. The van der Waals surface area contributed by atoms with Crippen LogP contribution in [0.4, 0.5) is 0 Å². The highest BCUT2D eigenvalue weighted by molar-refractivity contribution is 6.00. The van der Waals surface area contributed by atoms with E-state index in [1.165, 1.54) is 12.4 Å². The van der Waals surface area contributed by atoms with Crippen molar-refractivity contribution in [2.24, 2.45) is 0 Å². The van der Waals surface area contributed by atoms with Crippen molar-refractivity contribution in [2.75, 3.05) is 6.61 Å². The summed E-state index contributed by atoms with van der Waals surface area (Å²) in [6.07, 6.45) is 5.21. The van der Waals surface area contributed by atoms with Gasteiger partial charge in [-0.2, -0.15) is 0 Å². The SMILES string of the molecule is O=C(CCC(=O)c1ncccn1)c1ccc2c(c1)CCCO2. The average molecular weight is 296 g/mol. The summed E-state index contributed by atoms with van der Waals surface area (Å²) in [6, 6.07) is 7.12. The third-order valence-electron chi connectivity index (χ3n) is 3.62. The van der Waals surface area contributed by atoms with Crippen LogP contribution in [0.1, 0.15) is 45.8 Å². The molecule has 0 N–H and O–H groups in total. The van der Waals surface area contributed by atoms with Gasteiger partial charge in [-0.15, -0.1) is 0 Å². The van der Waals surface area contributed by atoms with Crippen molar-refractivity contribution in [3.63, 3.8) is 0 Å². The predicted molar refractivity (Wildman–Crippen MR) is 80.2 cm³/mol. The van der Waals surface area contributed by atoms with Crippen molar-refractivity contribution >= 4 is 11.6 Å². The third-order valence-corrected chi connectivity index (χ3v) is 3.62. The van der Waals surface area contributed by atoms with E-state index in [2.05, 4.69) is 9.97 Å². The van der Waals surface area contributed by atoms with Crippen LogP contribution in [0.3, 0.4) is 0 Å². The normalized spacial score (nSPS) is 13.1. The minimum Gasteiger partial charge on any atom is -0.493 e. The van der Waals surface area contributed by atoms with Crippen molar-refractivity contribution in [1.29, 1.82) is 0 Å². The number of hydrogen-bond donors (Lipinski definition) is 0. The van der Waals surface area contributed by atoms with Gasteiger partial charge in [0.15, 0.2) is 17.4 Å². The molecule has 5 nitrogen and oxygen atoms in total. The zero-order valence-electron chi connectivity index (χ0n) is 12.1. The van der Waals surface area contributed by atoms with Gasteiger partial charge in [-0.3, -0.25) is 9.59 Å². The van der Waals surface area contributed by atoms with E-state index in [1.807, 2.05) is 12.1 Å². The van der Waals surface area contributed by atoms with E-state index in [4.69, 9.17) is 4.74 Å². The fourth-order valence-corrected chi connectivity index (χ4v) is 2.46. The molecule has 1 aromatic carbocycles. The van der Waals surface area contributed by atoms with Crippen molar-refractivity contribution in [3.8, 4) is 5.75 Å². The smallest absolute Gasteiger partial charge is 0.200 e. The standard InChI is InChI=1S/C17H16N2O3/c20-14(5-6-15(21)17-18-8-2-9-19-17)12-4-7-16-13(11-12)3-1-10-22-16/h2,4,7-9,11H,1,3,5-6,10H2. The van der Waals surface area contributed by atoms with E-state index in [-0.39, 0.29) is 30.2 Å². The lowest BCUT2D eigenvalue weighted by Gasteiger charge is -2.17. The number of aromatic nitrogens is 2. The highest BCUT2D eigenvalue weighted by atomic mass is 16.5. The Morgan fingerprint density at radius 1 is 1.09 bits per heavy atom. The van der Waals surface area contributed by atoms with Gasteiger partial charge >= 0.3 is 0 Å². The fraction of sp³-hybridized carbons (Fsp3) is 0.294. The maximum absolute atomic E-state index is 12.2. The lowest BCUT2D eigenvalue weighted by Crippen LogP contribution is -2.11. The Morgan fingerprint density at radius 2 is 1.86 bits per heavy atom. The highest BCUT2D eigenvalue weighted by Crippen LogP contribution is 2.26. The number of ether oxygens (including phenoxy) is 1. The Morgan fingerprint density at radius 3 is 2.68 bits per heavy atom. The molecule has 112 valence electrons. The first-order valence-electron chi connectivity index (χ1n) is 7.33. The molecule has 0 unspecified atom stereocenters. The molecule has 1 aromatic heterocycles. The maximum Gasteiger partial charge on any atom is 0.200 e. The van der Waals surface area contributed by atoms with Crippen molar-refractivity contribution in [1.82, 2.24) is 9.97 Å². The molecular weight excluding hydrogens is 280 g/mol. The molecule has 0 aliphatic carbocycles. The van der Waals surface area contributed by atoms with Crippen LogP contribution in [-0.4, -0.2) is 28.1 Å². The van der Waals surface area contributed by atoms with E-state index in [9.17, 15) is 9.59 Å². The summed E-state index contributed by atoms with van der Waals surface area (Å²) in [4.78, 5) is 31.9. The molecule has 0 saturated carbocycles. The molecule has 3 rings (SSSR count). The monoisotopic (exact) mass is 296 g/mol. The highest BCUT2D eigenvalue weighted by Gasteiger charge is 2.16. The summed E-state index contributed by atoms with van der Waals surface area (Å²) in [5.41, 5.74) is 1.70. The van der Waals surface area contributed by atoms with Gasteiger partial charge in [0, 0.05) is 30.8 Å². The van der Waals surface area contributed by atoms with Crippen LogP contribution in [0.15, 0.2) is 36.7 Å². The second-order valence-corrected chi connectivity index (χ2v) is 5.19. The number of fused-ring (bicyclic) bond motifs is 1. The van der Waals surface area contributed by atoms with Gasteiger partial charge in [0.05, 0.1) is 6.61 Å². The van der Waals surface area contributed by atoms with E-state index in [0.717, 1.165) is 30.8 Å². The maximum atomic E-state index is 12.2. The Balaban J connectivity index is 1.64. The molecule has 1 aliphatic rings. The Kier molecular flexibility index (Phi) is 4.23. The number of hydrogen-bond acceptors (Lipinski definition) is 5. The second kappa shape index (κ2) is 6.47. The average Bonchev–Trinajstić information content (AvgIpc) is 2.59. The van der Waals surface area contributed by atoms with Gasteiger partial charge in [-0.05, 0) is 42.7 Å². The van der Waals surface area contributed by atoms with Crippen LogP contribution in [0.5, 0.6) is 5.75 Å². The van der Waals surface area contributed by atoms with E-state index >= 15 is 0 Å². The number of rotatable bonds is 5. The summed E-state index contributed by atoms with van der Waals surface area (Å²) in [6.45, 7) is 0.728. The van der Waals surface area contributed by atoms with Crippen LogP contribution in [0, 0.1) is 0 Å². The molecule has 0 fully saturated rings. The molecule has 1 aliphatic heterocycles.